The third kappa shape index (κ3) is 4.65. The number of amides is 4. The number of hydrogen-bond acceptors (Lipinski definition) is 5. The van der Waals surface area contributed by atoms with Crippen LogP contribution in [-0.2, 0) is 16.0 Å². The third-order valence-corrected chi connectivity index (χ3v) is 4.02. The van der Waals surface area contributed by atoms with Gasteiger partial charge in [0.15, 0.2) is 11.5 Å². The lowest BCUT2D eigenvalue weighted by Crippen LogP contribution is -2.38. The van der Waals surface area contributed by atoms with Crippen LogP contribution in [0.4, 0.5) is 4.79 Å². The Morgan fingerprint density at radius 2 is 1.92 bits per heavy atom. The van der Waals surface area contributed by atoms with Crippen LogP contribution in [0.5, 0.6) is 11.5 Å². The molecular weight excluding hydrogens is 338 g/mol. The van der Waals surface area contributed by atoms with Crippen LogP contribution < -0.4 is 20.1 Å². The van der Waals surface area contributed by atoms with Crippen LogP contribution in [0, 0.1) is 0 Å². The van der Waals surface area contributed by atoms with Crippen molar-refractivity contribution in [1.82, 2.24) is 15.5 Å². The van der Waals surface area contributed by atoms with Crippen molar-refractivity contribution in [2.75, 3.05) is 20.8 Å². The topological polar surface area (TPSA) is 97.0 Å². The quantitative estimate of drug-likeness (QED) is 0.674. The minimum Gasteiger partial charge on any atom is -0.493 e. The zero-order chi connectivity index (χ0) is 19.3. The summed E-state index contributed by atoms with van der Waals surface area (Å²) in [6, 6.07) is 4.14. The molecule has 1 aromatic rings. The van der Waals surface area contributed by atoms with E-state index < -0.39 is 12.1 Å². The van der Waals surface area contributed by atoms with E-state index in [1.54, 1.807) is 20.3 Å². The van der Waals surface area contributed by atoms with Crippen molar-refractivity contribution >= 4 is 17.8 Å². The van der Waals surface area contributed by atoms with Gasteiger partial charge in [0, 0.05) is 12.6 Å². The molecule has 0 bridgehead atoms. The van der Waals surface area contributed by atoms with E-state index in [-0.39, 0.29) is 30.8 Å². The molecule has 2 N–H and O–H groups in total. The smallest absolute Gasteiger partial charge is 0.324 e. The molecule has 2 rings (SSSR count). The van der Waals surface area contributed by atoms with Gasteiger partial charge in [0.25, 0.3) is 5.91 Å². The van der Waals surface area contributed by atoms with E-state index in [1.807, 2.05) is 26.0 Å². The lowest BCUT2D eigenvalue weighted by molar-refractivity contribution is -0.131. The molecule has 26 heavy (non-hydrogen) atoms. The highest BCUT2D eigenvalue weighted by Crippen LogP contribution is 2.27. The first-order chi connectivity index (χ1) is 12.3. The van der Waals surface area contributed by atoms with E-state index in [2.05, 4.69) is 10.6 Å². The number of carbonyl (C=O) groups is 3. The molecule has 1 aliphatic rings. The van der Waals surface area contributed by atoms with Crippen molar-refractivity contribution in [2.24, 2.45) is 0 Å². The molecule has 142 valence electrons. The number of carbonyl (C=O) groups excluding carboxylic acids is 3. The Bertz CT molecular complexity index is 689. The Morgan fingerprint density at radius 1 is 1.23 bits per heavy atom. The number of imide groups is 1. The first-order valence-electron chi connectivity index (χ1n) is 8.47. The Balaban J connectivity index is 1.96. The Labute approximate surface area is 152 Å². The Morgan fingerprint density at radius 3 is 2.54 bits per heavy atom. The number of urea groups is 1. The van der Waals surface area contributed by atoms with Crippen molar-refractivity contribution in [1.29, 1.82) is 0 Å². The van der Waals surface area contributed by atoms with E-state index in [0.717, 1.165) is 10.5 Å². The standard InChI is InChI=1S/C18H25N3O5/c1-11(2)19-16(22)10-13-17(23)21(18(24)20-13)8-7-12-5-6-14(25-3)15(9-12)26-4/h5-6,9,11,13H,7-8,10H2,1-4H3,(H,19,22)(H,20,24)/t13-/m1/s1. The summed E-state index contributed by atoms with van der Waals surface area (Å²) >= 11 is 0. The molecule has 1 aliphatic heterocycles. The number of ether oxygens (including phenoxy) is 2. The minimum absolute atomic E-state index is 0.0177. The van der Waals surface area contributed by atoms with E-state index in [9.17, 15) is 14.4 Å². The number of nitrogens with one attached hydrogen (secondary N) is 2. The van der Waals surface area contributed by atoms with Crippen LogP contribution in [0.3, 0.4) is 0 Å². The van der Waals surface area contributed by atoms with Crippen LogP contribution in [0.15, 0.2) is 18.2 Å². The van der Waals surface area contributed by atoms with E-state index in [4.69, 9.17) is 9.47 Å². The molecule has 0 saturated carbocycles. The number of hydrogen-bond donors (Lipinski definition) is 2. The average Bonchev–Trinajstić information content (AvgIpc) is 2.85. The van der Waals surface area contributed by atoms with Crippen LogP contribution in [0.2, 0.25) is 0 Å². The minimum atomic E-state index is -0.813. The number of rotatable bonds is 8. The van der Waals surface area contributed by atoms with Gasteiger partial charge in [-0.1, -0.05) is 6.07 Å². The fraction of sp³-hybridized carbons (Fsp3) is 0.500. The molecule has 8 nitrogen and oxygen atoms in total. The Kier molecular flexibility index (Phi) is 6.43. The highest BCUT2D eigenvalue weighted by Gasteiger charge is 2.38. The van der Waals surface area contributed by atoms with E-state index >= 15 is 0 Å². The van der Waals surface area contributed by atoms with Gasteiger partial charge in [-0.25, -0.2) is 4.79 Å². The molecule has 1 fully saturated rings. The molecule has 8 heteroatoms. The van der Waals surface area contributed by atoms with Crippen molar-refractivity contribution in [3.8, 4) is 11.5 Å². The van der Waals surface area contributed by atoms with E-state index in [1.165, 1.54) is 0 Å². The van der Waals surface area contributed by atoms with Crippen LogP contribution in [0.25, 0.3) is 0 Å². The second kappa shape index (κ2) is 8.55. The first kappa shape index (κ1) is 19.6. The second-order valence-electron chi connectivity index (χ2n) is 6.36. The Hall–Kier alpha value is -2.77. The van der Waals surface area contributed by atoms with Crippen molar-refractivity contribution < 1.29 is 23.9 Å². The molecule has 4 amide bonds. The van der Waals surface area contributed by atoms with Gasteiger partial charge in [-0.05, 0) is 38.0 Å². The molecule has 0 spiro atoms. The summed E-state index contributed by atoms with van der Waals surface area (Å²) in [6.07, 6.45) is 0.417. The zero-order valence-corrected chi connectivity index (χ0v) is 15.5. The molecule has 1 saturated heterocycles. The van der Waals surface area contributed by atoms with Gasteiger partial charge in [0.1, 0.15) is 6.04 Å². The SMILES string of the molecule is COc1ccc(CCN2C(=O)N[C@H](CC(=O)NC(C)C)C2=O)cc1OC. The molecule has 0 aromatic heterocycles. The summed E-state index contributed by atoms with van der Waals surface area (Å²) in [6.45, 7) is 3.90. The molecule has 0 aliphatic carbocycles. The number of nitrogens with zero attached hydrogens (tertiary/aromatic N) is 1. The maximum atomic E-state index is 12.4. The summed E-state index contributed by atoms with van der Waals surface area (Å²) < 4.78 is 10.4. The van der Waals surface area contributed by atoms with Crippen molar-refractivity contribution in [2.45, 2.75) is 38.8 Å². The lowest BCUT2D eigenvalue weighted by Gasteiger charge is -2.14. The zero-order valence-electron chi connectivity index (χ0n) is 15.5. The fourth-order valence-electron chi connectivity index (χ4n) is 2.77. The van der Waals surface area contributed by atoms with E-state index in [0.29, 0.717) is 17.9 Å². The van der Waals surface area contributed by atoms with Crippen molar-refractivity contribution in [3.05, 3.63) is 23.8 Å². The fourth-order valence-corrected chi connectivity index (χ4v) is 2.77. The molecular formula is C18H25N3O5. The third-order valence-electron chi connectivity index (χ3n) is 4.02. The molecule has 1 atom stereocenters. The van der Waals surface area contributed by atoms with Gasteiger partial charge in [-0.3, -0.25) is 14.5 Å². The lowest BCUT2D eigenvalue weighted by atomic mass is 10.1. The summed E-state index contributed by atoms with van der Waals surface area (Å²) in [5.41, 5.74) is 0.907. The van der Waals surface area contributed by atoms with Gasteiger partial charge in [-0.2, -0.15) is 0 Å². The van der Waals surface area contributed by atoms with Gasteiger partial charge in [0.05, 0.1) is 20.6 Å². The summed E-state index contributed by atoms with van der Waals surface area (Å²) in [7, 11) is 3.10. The van der Waals surface area contributed by atoms with Crippen molar-refractivity contribution in [3.63, 3.8) is 0 Å². The second-order valence-corrected chi connectivity index (χ2v) is 6.36. The van der Waals surface area contributed by atoms with Gasteiger partial charge in [-0.15, -0.1) is 0 Å². The van der Waals surface area contributed by atoms with Gasteiger partial charge >= 0.3 is 6.03 Å². The number of methoxy groups -OCH3 is 2. The summed E-state index contributed by atoms with van der Waals surface area (Å²) in [4.78, 5) is 37.4. The van der Waals surface area contributed by atoms with Crippen LogP contribution in [0.1, 0.15) is 25.8 Å². The maximum absolute atomic E-state index is 12.4. The monoisotopic (exact) mass is 363 g/mol. The molecule has 0 radical (unpaired) electrons. The molecule has 1 heterocycles. The summed E-state index contributed by atoms with van der Waals surface area (Å²) in [5.74, 6) is 0.558. The average molecular weight is 363 g/mol. The normalized spacial score (nSPS) is 16.7. The molecule has 1 aromatic carbocycles. The van der Waals surface area contributed by atoms with Crippen LogP contribution >= 0.6 is 0 Å². The molecule has 0 unspecified atom stereocenters. The predicted molar refractivity (Wildman–Crippen MR) is 95.2 cm³/mol. The highest BCUT2D eigenvalue weighted by molar-refractivity contribution is 6.05. The first-order valence-corrected chi connectivity index (χ1v) is 8.47. The predicted octanol–water partition coefficient (Wildman–Crippen LogP) is 1.08. The maximum Gasteiger partial charge on any atom is 0.324 e. The summed E-state index contributed by atoms with van der Waals surface area (Å²) in [5, 5.41) is 5.28. The van der Waals surface area contributed by atoms with Gasteiger partial charge < -0.3 is 20.1 Å². The van der Waals surface area contributed by atoms with Gasteiger partial charge in [0.2, 0.25) is 5.91 Å². The number of benzene rings is 1. The van der Waals surface area contributed by atoms with Crippen LogP contribution in [-0.4, -0.2) is 55.6 Å². The largest absolute Gasteiger partial charge is 0.493 e. The highest BCUT2D eigenvalue weighted by atomic mass is 16.5.